The van der Waals surface area contributed by atoms with Gasteiger partial charge in [-0.1, -0.05) is 29.8 Å². The van der Waals surface area contributed by atoms with E-state index in [4.69, 9.17) is 16.3 Å². The van der Waals surface area contributed by atoms with Crippen LogP contribution in [0, 0.1) is 13.8 Å². The van der Waals surface area contributed by atoms with Crippen LogP contribution in [0.1, 0.15) is 27.0 Å². The number of aryl methyl sites for hydroxylation is 2. The highest BCUT2D eigenvalue weighted by Crippen LogP contribution is 2.19. The van der Waals surface area contributed by atoms with Crippen molar-refractivity contribution in [1.82, 2.24) is 5.32 Å². The number of ether oxygens (including phenoxy) is 1. The van der Waals surface area contributed by atoms with Gasteiger partial charge in [-0.3, -0.25) is 14.4 Å². The van der Waals surface area contributed by atoms with E-state index in [9.17, 15) is 14.4 Å². The second-order valence-corrected chi connectivity index (χ2v) is 7.68. The number of carbonyl (C=O) groups excluding carboxylic acids is 3. The summed E-state index contributed by atoms with van der Waals surface area (Å²) >= 11 is 5.85. The lowest BCUT2D eigenvalue weighted by Gasteiger charge is -2.12. The molecule has 0 aliphatic heterocycles. The quantitative estimate of drug-likeness (QED) is 0.500. The Balaban J connectivity index is 1.46. The molecule has 164 valence electrons. The molecule has 0 bridgehead atoms. The van der Waals surface area contributed by atoms with Crippen molar-refractivity contribution in [2.24, 2.45) is 0 Å². The zero-order chi connectivity index (χ0) is 23.1. The lowest BCUT2D eigenvalue weighted by molar-refractivity contribution is -0.125. The van der Waals surface area contributed by atoms with Crippen molar-refractivity contribution < 1.29 is 19.1 Å². The number of ketones is 1. The van der Waals surface area contributed by atoms with Crippen LogP contribution in [0.25, 0.3) is 0 Å². The summed E-state index contributed by atoms with van der Waals surface area (Å²) in [7, 11) is 0. The van der Waals surface area contributed by atoms with Crippen LogP contribution in [0.5, 0.6) is 5.75 Å². The van der Waals surface area contributed by atoms with E-state index in [-0.39, 0.29) is 24.8 Å². The SMILES string of the molecule is Cc1cccc(C)c1NC(=O)CNC(=O)COc1ccc(C(=O)c2ccc(Cl)cc2)cc1. The predicted octanol–water partition coefficient (Wildman–Crippen LogP) is 4.32. The Morgan fingerprint density at radius 1 is 0.812 bits per heavy atom. The minimum Gasteiger partial charge on any atom is -0.484 e. The normalized spacial score (nSPS) is 10.3. The molecule has 0 atom stereocenters. The third-order valence-electron chi connectivity index (χ3n) is 4.78. The first-order chi connectivity index (χ1) is 15.3. The molecule has 0 aromatic heterocycles. The summed E-state index contributed by atoms with van der Waals surface area (Å²) in [5.74, 6) is -0.447. The number of amides is 2. The molecular weight excluding hydrogens is 428 g/mol. The third-order valence-corrected chi connectivity index (χ3v) is 5.04. The monoisotopic (exact) mass is 450 g/mol. The van der Waals surface area contributed by atoms with Crippen LogP contribution in [0.2, 0.25) is 5.02 Å². The summed E-state index contributed by atoms with van der Waals surface area (Å²) in [6.07, 6.45) is 0. The second kappa shape index (κ2) is 10.6. The van der Waals surface area contributed by atoms with Crippen molar-refractivity contribution in [2.75, 3.05) is 18.5 Å². The molecule has 0 heterocycles. The first kappa shape index (κ1) is 23.0. The number of nitrogens with one attached hydrogen (secondary N) is 2. The summed E-state index contributed by atoms with van der Waals surface area (Å²) in [6.45, 7) is 3.40. The summed E-state index contributed by atoms with van der Waals surface area (Å²) < 4.78 is 5.44. The average Bonchev–Trinajstić information content (AvgIpc) is 2.79. The summed E-state index contributed by atoms with van der Waals surface area (Å²) in [5, 5.41) is 5.90. The minimum absolute atomic E-state index is 0.138. The molecule has 3 rings (SSSR count). The van der Waals surface area contributed by atoms with Gasteiger partial charge in [-0.25, -0.2) is 0 Å². The van der Waals surface area contributed by atoms with Crippen molar-refractivity contribution >= 4 is 34.9 Å². The molecule has 0 spiro atoms. The molecule has 2 amide bonds. The molecule has 3 aromatic rings. The second-order valence-electron chi connectivity index (χ2n) is 7.24. The molecule has 0 unspecified atom stereocenters. The number of carbonyl (C=O) groups is 3. The van der Waals surface area contributed by atoms with Crippen molar-refractivity contribution in [1.29, 1.82) is 0 Å². The van der Waals surface area contributed by atoms with Gasteiger partial charge in [0.25, 0.3) is 5.91 Å². The lowest BCUT2D eigenvalue weighted by atomic mass is 10.0. The maximum atomic E-state index is 12.5. The van der Waals surface area contributed by atoms with Crippen LogP contribution in [0.3, 0.4) is 0 Å². The highest BCUT2D eigenvalue weighted by atomic mass is 35.5. The van der Waals surface area contributed by atoms with E-state index in [1.165, 1.54) is 0 Å². The largest absolute Gasteiger partial charge is 0.484 e. The summed E-state index contributed by atoms with van der Waals surface area (Å²) in [4.78, 5) is 36.6. The molecule has 0 aliphatic carbocycles. The van der Waals surface area contributed by atoms with Gasteiger partial charge >= 0.3 is 0 Å². The fourth-order valence-electron chi connectivity index (χ4n) is 3.04. The Labute approximate surface area is 191 Å². The molecule has 0 saturated heterocycles. The van der Waals surface area contributed by atoms with Gasteiger partial charge in [0.15, 0.2) is 12.4 Å². The van der Waals surface area contributed by atoms with Gasteiger partial charge in [-0.2, -0.15) is 0 Å². The van der Waals surface area contributed by atoms with E-state index in [1.54, 1.807) is 48.5 Å². The molecule has 32 heavy (non-hydrogen) atoms. The molecule has 0 fully saturated rings. The van der Waals surface area contributed by atoms with Crippen molar-refractivity contribution in [3.63, 3.8) is 0 Å². The maximum absolute atomic E-state index is 12.5. The molecule has 7 heteroatoms. The first-order valence-corrected chi connectivity index (χ1v) is 10.4. The zero-order valence-electron chi connectivity index (χ0n) is 17.8. The predicted molar refractivity (Wildman–Crippen MR) is 124 cm³/mol. The molecule has 0 radical (unpaired) electrons. The number of rotatable bonds is 8. The van der Waals surface area contributed by atoms with Gasteiger partial charge in [0.05, 0.1) is 6.54 Å². The molecule has 0 saturated carbocycles. The highest BCUT2D eigenvalue weighted by molar-refractivity contribution is 6.30. The minimum atomic E-state index is -0.428. The average molecular weight is 451 g/mol. The number of halogens is 1. The van der Waals surface area contributed by atoms with Crippen molar-refractivity contribution in [3.05, 3.63) is 94.0 Å². The van der Waals surface area contributed by atoms with Crippen LogP contribution in [-0.2, 0) is 9.59 Å². The fraction of sp³-hybridized carbons (Fsp3) is 0.160. The van der Waals surface area contributed by atoms with Crippen molar-refractivity contribution in [3.8, 4) is 5.75 Å². The Hall–Kier alpha value is -3.64. The number of hydrogen-bond donors (Lipinski definition) is 2. The van der Waals surface area contributed by atoms with Gasteiger partial charge < -0.3 is 15.4 Å². The van der Waals surface area contributed by atoms with E-state index in [1.807, 2.05) is 32.0 Å². The van der Waals surface area contributed by atoms with Crippen LogP contribution < -0.4 is 15.4 Å². The molecule has 0 aliphatic rings. The highest BCUT2D eigenvalue weighted by Gasteiger charge is 2.11. The van der Waals surface area contributed by atoms with Crippen LogP contribution in [0.15, 0.2) is 66.7 Å². The summed E-state index contributed by atoms with van der Waals surface area (Å²) in [6, 6.07) is 18.9. The number of anilines is 1. The van der Waals surface area contributed by atoms with E-state index in [0.717, 1.165) is 16.8 Å². The van der Waals surface area contributed by atoms with Crippen molar-refractivity contribution in [2.45, 2.75) is 13.8 Å². The molecule has 2 N–H and O–H groups in total. The lowest BCUT2D eigenvalue weighted by Crippen LogP contribution is -2.36. The standard InChI is InChI=1S/C25H23ClN2O4/c1-16-4-3-5-17(2)24(16)28-22(29)14-27-23(30)15-32-21-12-8-19(9-13-21)25(31)18-6-10-20(26)11-7-18/h3-13H,14-15H2,1-2H3,(H,27,30)(H,28,29). The molecular formula is C25H23ClN2O4. The van der Waals surface area contributed by atoms with Gasteiger partial charge in [-0.15, -0.1) is 0 Å². The Kier molecular flexibility index (Phi) is 7.63. The van der Waals surface area contributed by atoms with Crippen LogP contribution >= 0.6 is 11.6 Å². The first-order valence-electron chi connectivity index (χ1n) is 9.99. The van der Waals surface area contributed by atoms with Crippen LogP contribution in [0.4, 0.5) is 5.69 Å². The third kappa shape index (κ3) is 6.18. The number of benzene rings is 3. The fourth-order valence-corrected chi connectivity index (χ4v) is 3.17. The maximum Gasteiger partial charge on any atom is 0.258 e. The van der Waals surface area contributed by atoms with Gasteiger partial charge in [-0.05, 0) is 73.5 Å². The Morgan fingerprint density at radius 3 is 1.97 bits per heavy atom. The van der Waals surface area contributed by atoms with E-state index in [0.29, 0.717) is 21.9 Å². The van der Waals surface area contributed by atoms with E-state index >= 15 is 0 Å². The van der Waals surface area contributed by atoms with E-state index < -0.39 is 5.91 Å². The molecule has 6 nitrogen and oxygen atoms in total. The van der Waals surface area contributed by atoms with Gasteiger partial charge in [0.2, 0.25) is 5.91 Å². The van der Waals surface area contributed by atoms with E-state index in [2.05, 4.69) is 10.6 Å². The van der Waals surface area contributed by atoms with Gasteiger partial charge in [0, 0.05) is 21.8 Å². The number of para-hydroxylation sites is 1. The zero-order valence-corrected chi connectivity index (χ0v) is 18.5. The van der Waals surface area contributed by atoms with Crippen LogP contribution in [-0.4, -0.2) is 30.7 Å². The summed E-state index contributed by atoms with van der Waals surface area (Å²) in [5.41, 5.74) is 3.67. The Bertz CT molecular complexity index is 1110. The van der Waals surface area contributed by atoms with Gasteiger partial charge in [0.1, 0.15) is 5.75 Å². The Morgan fingerprint density at radius 2 is 1.38 bits per heavy atom. The number of hydrogen-bond acceptors (Lipinski definition) is 4. The molecule has 3 aromatic carbocycles. The smallest absolute Gasteiger partial charge is 0.258 e. The topological polar surface area (TPSA) is 84.5 Å².